The lowest BCUT2D eigenvalue weighted by Crippen LogP contribution is -2.56. The van der Waals surface area contributed by atoms with Crippen LogP contribution in [-0.4, -0.2) is 38.7 Å². The Morgan fingerprint density at radius 3 is 2.69 bits per heavy atom. The van der Waals surface area contributed by atoms with Crippen LogP contribution < -0.4 is 15.7 Å². The molecule has 29 heavy (non-hydrogen) atoms. The molecule has 2 heterocycles. The number of hydrogen-bond donors (Lipinski definition) is 1. The predicted octanol–water partition coefficient (Wildman–Crippen LogP) is 2.68. The maximum absolute atomic E-state index is 13.4. The highest BCUT2D eigenvalue weighted by molar-refractivity contribution is 6.32. The number of ether oxygens (including phenoxy) is 1. The second-order valence-electron chi connectivity index (χ2n) is 9.33. The molecule has 4 rings (SSSR count). The van der Waals surface area contributed by atoms with Gasteiger partial charge in [0.15, 0.2) is 0 Å². The predicted molar refractivity (Wildman–Crippen MR) is 116 cm³/mol. The number of hydrogen-bond acceptors (Lipinski definition) is 3. The third-order valence-electron chi connectivity index (χ3n) is 6.02. The quantitative estimate of drug-likeness (QED) is 0.797. The molecule has 0 radical (unpaired) electrons. The summed E-state index contributed by atoms with van der Waals surface area (Å²) in [7, 11) is 2.04. The summed E-state index contributed by atoms with van der Waals surface area (Å²) in [6.07, 6.45) is 1.48. The molecule has 2 aromatic rings. The lowest BCUT2D eigenvalue weighted by molar-refractivity contribution is 0.0569. The van der Waals surface area contributed by atoms with E-state index >= 15 is 0 Å². The van der Waals surface area contributed by atoms with Gasteiger partial charge in [0.25, 0.3) is 0 Å². The van der Waals surface area contributed by atoms with Crippen LogP contribution in [0.3, 0.4) is 0 Å². The summed E-state index contributed by atoms with van der Waals surface area (Å²) in [6, 6.07) is 13.3. The zero-order valence-electron chi connectivity index (χ0n) is 17.6. The SMILES string of the molecule is Bc1ccc2c(c1)N(C(=O)OC(C)(C)C)CC1NCCC21Cc1ccc(F)cc1. The minimum atomic E-state index is -0.549. The summed E-state index contributed by atoms with van der Waals surface area (Å²) in [5, 5.41) is 3.61. The first-order chi connectivity index (χ1) is 13.7. The van der Waals surface area contributed by atoms with Gasteiger partial charge in [-0.1, -0.05) is 29.7 Å². The lowest BCUT2D eigenvalue weighted by Gasteiger charge is -2.45. The van der Waals surface area contributed by atoms with Crippen molar-refractivity contribution in [1.29, 1.82) is 0 Å². The van der Waals surface area contributed by atoms with Gasteiger partial charge >= 0.3 is 6.09 Å². The van der Waals surface area contributed by atoms with Crippen molar-refractivity contribution < 1.29 is 13.9 Å². The van der Waals surface area contributed by atoms with Crippen molar-refractivity contribution in [3.8, 4) is 0 Å². The zero-order valence-corrected chi connectivity index (χ0v) is 17.6. The standard InChI is InChI=1S/C23H28BFN2O2/c1-22(2,3)29-21(28)27-14-20-23(10-11-26-20,13-15-4-7-17(25)8-5-15)18-9-6-16(24)12-19(18)27/h4-9,12,20,26H,10-11,13-14,24H2,1-3H3. The Labute approximate surface area is 172 Å². The highest BCUT2D eigenvalue weighted by Crippen LogP contribution is 2.47. The van der Waals surface area contributed by atoms with Gasteiger partial charge in [-0.3, -0.25) is 4.90 Å². The minimum absolute atomic E-state index is 0.121. The number of anilines is 1. The van der Waals surface area contributed by atoms with Crippen LogP contribution in [0.15, 0.2) is 42.5 Å². The summed E-state index contributed by atoms with van der Waals surface area (Å²) in [5.41, 5.74) is 3.64. The van der Waals surface area contributed by atoms with Gasteiger partial charge in [0.1, 0.15) is 19.3 Å². The first-order valence-corrected chi connectivity index (χ1v) is 10.3. The van der Waals surface area contributed by atoms with Crippen molar-refractivity contribution in [2.45, 2.75) is 50.7 Å². The molecule has 0 bridgehead atoms. The molecule has 2 aliphatic rings. The summed E-state index contributed by atoms with van der Waals surface area (Å²) >= 11 is 0. The van der Waals surface area contributed by atoms with Crippen molar-refractivity contribution in [2.75, 3.05) is 18.0 Å². The summed E-state index contributed by atoms with van der Waals surface area (Å²) in [6.45, 7) is 7.11. The molecular formula is C23H28BFN2O2. The Kier molecular flexibility index (Phi) is 4.93. The number of nitrogens with zero attached hydrogens (tertiary/aromatic N) is 1. The number of amides is 1. The van der Waals surface area contributed by atoms with Gasteiger partial charge in [-0.05, 0) is 69.5 Å². The van der Waals surface area contributed by atoms with E-state index < -0.39 is 5.60 Å². The molecule has 1 amide bonds. The lowest BCUT2D eigenvalue weighted by atomic mass is 9.67. The smallest absolute Gasteiger partial charge is 0.414 e. The number of rotatable bonds is 2. The average Bonchev–Trinajstić information content (AvgIpc) is 3.04. The molecule has 2 aliphatic heterocycles. The molecule has 0 saturated carbocycles. The molecule has 0 spiro atoms. The Morgan fingerprint density at radius 1 is 1.28 bits per heavy atom. The number of carbonyl (C=O) groups is 1. The fourth-order valence-corrected chi connectivity index (χ4v) is 4.73. The van der Waals surface area contributed by atoms with Gasteiger partial charge in [-0.15, -0.1) is 0 Å². The Morgan fingerprint density at radius 2 is 2.00 bits per heavy atom. The monoisotopic (exact) mass is 394 g/mol. The van der Waals surface area contributed by atoms with Gasteiger partial charge in [-0.2, -0.15) is 0 Å². The number of benzene rings is 2. The summed E-state index contributed by atoms with van der Waals surface area (Å²) < 4.78 is 19.1. The molecule has 2 unspecified atom stereocenters. The van der Waals surface area contributed by atoms with Gasteiger partial charge in [-0.25, -0.2) is 9.18 Å². The van der Waals surface area contributed by atoms with Crippen molar-refractivity contribution in [2.24, 2.45) is 0 Å². The van der Waals surface area contributed by atoms with Gasteiger partial charge < -0.3 is 10.1 Å². The van der Waals surface area contributed by atoms with Crippen molar-refractivity contribution >= 4 is 25.1 Å². The fourth-order valence-electron chi connectivity index (χ4n) is 4.73. The number of halogens is 1. The first kappa shape index (κ1) is 20.0. The van der Waals surface area contributed by atoms with Crippen molar-refractivity contribution in [3.05, 3.63) is 59.4 Å². The van der Waals surface area contributed by atoms with Crippen LogP contribution in [0.1, 0.15) is 38.3 Å². The van der Waals surface area contributed by atoms with E-state index in [9.17, 15) is 9.18 Å². The topological polar surface area (TPSA) is 41.6 Å². The number of carbonyl (C=O) groups excluding carboxylic acids is 1. The molecule has 1 N–H and O–H groups in total. The molecule has 1 fully saturated rings. The van der Waals surface area contributed by atoms with E-state index in [0.29, 0.717) is 6.54 Å². The Balaban J connectivity index is 1.77. The van der Waals surface area contributed by atoms with E-state index in [1.807, 2.05) is 40.8 Å². The van der Waals surface area contributed by atoms with E-state index in [1.165, 1.54) is 17.7 Å². The molecule has 152 valence electrons. The molecule has 6 heteroatoms. The Bertz CT molecular complexity index is 925. The third kappa shape index (κ3) is 3.78. The number of nitrogens with one attached hydrogen (secondary N) is 1. The average molecular weight is 394 g/mol. The van der Waals surface area contributed by atoms with Crippen LogP contribution in [0, 0.1) is 5.82 Å². The van der Waals surface area contributed by atoms with Crippen molar-refractivity contribution in [1.82, 2.24) is 5.32 Å². The van der Waals surface area contributed by atoms with Crippen LogP contribution in [-0.2, 0) is 16.6 Å². The van der Waals surface area contributed by atoms with Crippen LogP contribution in [0.2, 0.25) is 0 Å². The second kappa shape index (κ2) is 7.17. The highest BCUT2D eigenvalue weighted by atomic mass is 19.1. The molecule has 2 atom stereocenters. The minimum Gasteiger partial charge on any atom is -0.443 e. The zero-order chi connectivity index (χ0) is 20.8. The number of fused-ring (bicyclic) bond motifs is 3. The molecular weight excluding hydrogens is 366 g/mol. The van der Waals surface area contributed by atoms with E-state index in [1.54, 1.807) is 4.90 Å². The van der Waals surface area contributed by atoms with Gasteiger partial charge in [0, 0.05) is 18.0 Å². The molecule has 4 nitrogen and oxygen atoms in total. The summed E-state index contributed by atoms with van der Waals surface area (Å²) in [4.78, 5) is 14.8. The van der Waals surface area contributed by atoms with E-state index in [0.717, 1.165) is 36.1 Å². The summed E-state index contributed by atoms with van der Waals surface area (Å²) in [5.74, 6) is -0.219. The molecule has 1 saturated heterocycles. The largest absolute Gasteiger partial charge is 0.443 e. The molecule has 2 aromatic carbocycles. The highest BCUT2D eigenvalue weighted by Gasteiger charge is 2.50. The van der Waals surface area contributed by atoms with E-state index in [-0.39, 0.29) is 23.4 Å². The normalized spacial score (nSPS) is 23.4. The van der Waals surface area contributed by atoms with Gasteiger partial charge in [0.05, 0.1) is 5.69 Å². The second-order valence-corrected chi connectivity index (χ2v) is 9.33. The van der Waals surface area contributed by atoms with Crippen LogP contribution in [0.25, 0.3) is 0 Å². The Hall–Kier alpha value is -2.34. The van der Waals surface area contributed by atoms with Crippen LogP contribution >= 0.6 is 0 Å². The maximum Gasteiger partial charge on any atom is 0.414 e. The third-order valence-corrected chi connectivity index (χ3v) is 6.02. The van der Waals surface area contributed by atoms with E-state index in [2.05, 4.69) is 23.5 Å². The fraction of sp³-hybridized carbons (Fsp3) is 0.435. The van der Waals surface area contributed by atoms with E-state index in [4.69, 9.17) is 4.74 Å². The molecule has 0 aromatic heterocycles. The molecule has 0 aliphatic carbocycles. The van der Waals surface area contributed by atoms with Crippen molar-refractivity contribution in [3.63, 3.8) is 0 Å². The first-order valence-electron chi connectivity index (χ1n) is 10.3. The van der Waals surface area contributed by atoms with Crippen LogP contribution in [0.5, 0.6) is 0 Å². The maximum atomic E-state index is 13.4. The van der Waals surface area contributed by atoms with Crippen LogP contribution in [0.4, 0.5) is 14.9 Å². The van der Waals surface area contributed by atoms with Gasteiger partial charge in [0.2, 0.25) is 0 Å².